The average molecular weight is 459 g/mol. The van der Waals surface area contributed by atoms with E-state index >= 15 is 0 Å². The van der Waals surface area contributed by atoms with Crippen LogP contribution in [0.4, 0.5) is 10.9 Å². The molecule has 0 spiro atoms. The van der Waals surface area contributed by atoms with Crippen LogP contribution in [0.15, 0.2) is 61.1 Å². The van der Waals surface area contributed by atoms with Crippen LogP contribution in [-0.2, 0) is 11.2 Å². The van der Waals surface area contributed by atoms with Gasteiger partial charge in [-0.1, -0.05) is 17.4 Å². The summed E-state index contributed by atoms with van der Waals surface area (Å²) in [4.78, 5) is 27.9. The lowest BCUT2D eigenvalue weighted by atomic mass is 10.1. The maximum Gasteiger partial charge on any atom is 0.224 e. The van der Waals surface area contributed by atoms with Crippen LogP contribution in [0.5, 0.6) is 0 Å². The molecule has 33 heavy (non-hydrogen) atoms. The molecule has 168 valence electrons. The van der Waals surface area contributed by atoms with Gasteiger partial charge in [-0.3, -0.25) is 9.78 Å². The lowest BCUT2D eigenvalue weighted by Crippen LogP contribution is -2.34. The number of hydrogen-bond acceptors (Lipinski definition) is 7. The number of amides is 1. The summed E-state index contributed by atoms with van der Waals surface area (Å²) in [5.41, 5.74) is 4.12. The molecule has 5 rings (SSSR count). The van der Waals surface area contributed by atoms with E-state index in [0.29, 0.717) is 18.8 Å². The Hall–Kier alpha value is -3.36. The topological polar surface area (TPSA) is 83.0 Å². The summed E-state index contributed by atoms with van der Waals surface area (Å²) in [6, 6.07) is 14.0. The third kappa shape index (κ3) is 5.53. The Kier molecular flexibility index (Phi) is 6.55. The monoisotopic (exact) mass is 458 g/mol. The number of nitrogens with zero attached hydrogens (tertiary/aromatic N) is 4. The van der Waals surface area contributed by atoms with Gasteiger partial charge < -0.3 is 15.5 Å². The Morgan fingerprint density at radius 2 is 1.85 bits per heavy atom. The van der Waals surface area contributed by atoms with Gasteiger partial charge >= 0.3 is 0 Å². The number of carbonyl (C=O) groups excluding carboxylic acids is 1. The number of pyridine rings is 2. The summed E-state index contributed by atoms with van der Waals surface area (Å²) < 4.78 is 1.10. The van der Waals surface area contributed by atoms with Crippen LogP contribution in [0.2, 0.25) is 0 Å². The van der Waals surface area contributed by atoms with Crippen LogP contribution in [0.1, 0.15) is 18.4 Å². The summed E-state index contributed by atoms with van der Waals surface area (Å²) in [5.74, 6) is 0.723. The highest BCUT2D eigenvalue weighted by Gasteiger charge is 2.12. The van der Waals surface area contributed by atoms with E-state index in [0.717, 1.165) is 51.7 Å². The largest absolute Gasteiger partial charge is 0.355 e. The van der Waals surface area contributed by atoms with Gasteiger partial charge in [0.2, 0.25) is 5.91 Å². The summed E-state index contributed by atoms with van der Waals surface area (Å²) in [6.45, 7) is 3.91. The molecule has 2 N–H and O–H groups in total. The van der Waals surface area contributed by atoms with Gasteiger partial charge in [-0.05, 0) is 79.0 Å². The highest BCUT2D eigenvalue weighted by atomic mass is 32.1. The molecule has 0 atom stereocenters. The molecule has 1 fully saturated rings. The number of benzene rings is 1. The Morgan fingerprint density at radius 3 is 2.70 bits per heavy atom. The average Bonchev–Trinajstić information content (AvgIpc) is 3.49. The molecule has 1 saturated heterocycles. The van der Waals surface area contributed by atoms with Crippen LogP contribution >= 0.6 is 11.3 Å². The van der Waals surface area contributed by atoms with E-state index in [1.807, 2.05) is 30.3 Å². The number of anilines is 2. The lowest BCUT2D eigenvalue weighted by molar-refractivity contribution is -0.120. The standard InChI is InChI=1S/C25H26N6OS/c32-24(28-11-14-31-12-1-2-13-31)16-18-5-10-27-23(15-18)30-25-29-21-4-3-20(17-22(21)33-25)19-6-8-26-9-7-19/h3-10,15,17H,1-2,11-14,16H2,(H,28,32)(H,27,29,30). The van der Waals surface area contributed by atoms with Gasteiger partial charge in [0, 0.05) is 31.7 Å². The first-order valence-corrected chi connectivity index (χ1v) is 12.1. The van der Waals surface area contributed by atoms with Crippen molar-refractivity contribution >= 4 is 38.4 Å². The molecule has 0 unspecified atom stereocenters. The molecule has 1 aliphatic rings. The summed E-state index contributed by atoms with van der Waals surface area (Å²) in [6.07, 6.45) is 8.19. The van der Waals surface area contributed by atoms with E-state index in [2.05, 4.69) is 42.6 Å². The highest BCUT2D eigenvalue weighted by molar-refractivity contribution is 7.22. The maximum atomic E-state index is 12.3. The molecule has 0 radical (unpaired) electrons. The molecule has 1 aliphatic heterocycles. The van der Waals surface area contributed by atoms with E-state index in [9.17, 15) is 4.79 Å². The Labute approximate surface area is 196 Å². The molecule has 1 aromatic carbocycles. The van der Waals surface area contributed by atoms with Crippen LogP contribution < -0.4 is 10.6 Å². The fourth-order valence-electron chi connectivity index (χ4n) is 4.07. The summed E-state index contributed by atoms with van der Waals surface area (Å²) in [5, 5.41) is 7.10. The second-order valence-electron chi connectivity index (χ2n) is 8.19. The molecule has 1 amide bonds. The van der Waals surface area contributed by atoms with Gasteiger partial charge in [0.15, 0.2) is 5.13 Å². The van der Waals surface area contributed by atoms with E-state index in [1.54, 1.807) is 29.9 Å². The molecular formula is C25H26N6OS. The van der Waals surface area contributed by atoms with Crippen molar-refractivity contribution in [3.8, 4) is 11.1 Å². The van der Waals surface area contributed by atoms with Gasteiger partial charge in [0.05, 0.1) is 16.6 Å². The number of hydrogen-bond donors (Lipinski definition) is 2. The normalized spacial score (nSPS) is 13.9. The van der Waals surface area contributed by atoms with Crippen molar-refractivity contribution in [2.75, 3.05) is 31.5 Å². The van der Waals surface area contributed by atoms with Crippen LogP contribution in [0.25, 0.3) is 21.3 Å². The maximum absolute atomic E-state index is 12.3. The Morgan fingerprint density at radius 1 is 1.00 bits per heavy atom. The van der Waals surface area contributed by atoms with Crippen LogP contribution in [-0.4, -0.2) is 51.9 Å². The number of aromatic nitrogens is 3. The predicted molar refractivity (Wildman–Crippen MR) is 133 cm³/mol. The van der Waals surface area contributed by atoms with E-state index < -0.39 is 0 Å². The number of fused-ring (bicyclic) bond motifs is 1. The number of carbonyl (C=O) groups is 1. The van der Waals surface area contributed by atoms with E-state index in [1.165, 1.54) is 12.8 Å². The van der Waals surface area contributed by atoms with Crippen molar-refractivity contribution in [1.29, 1.82) is 0 Å². The summed E-state index contributed by atoms with van der Waals surface area (Å²) in [7, 11) is 0. The van der Waals surface area contributed by atoms with E-state index in [-0.39, 0.29) is 5.91 Å². The first kappa shape index (κ1) is 21.5. The van der Waals surface area contributed by atoms with Gasteiger partial charge in [-0.15, -0.1) is 0 Å². The van der Waals surface area contributed by atoms with Crippen molar-refractivity contribution in [3.63, 3.8) is 0 Å². The number of rotatable bonds is 8. The van der Waals surface area contributed by atoms with Crippen molar-refractivity contribution in [2.45, 2.75) is 19.3 Å². The fourth-order valence-corrected chi connectivity index (χ4v) is 4.98. The summed E-state index contributed by atoms with van der Waals surface area (Å²) >= 11 is 1.58. The minimum absolute atomic E-state index is 0.0370. The molecule has 3 aromatic heterocycles. The zero-order valence-corrected chi connectivity index (χ0v) is 19.1. The molecule has 4 aromatic rings. The lowest BCUT2D eigenvalue weighted by Gasteiger charge is -2.14. The second kappa shape index (κ2) is 10.1. The predicted octanol–water partition coefficient (Wildman–Crippen LogP) is 4.25. The highest BCUT2D eigenvalue weighted by Crippen LogP contribution is 2.31. The zero-order chi connectivity index (χ0) is 22.5. The van der Waals surface area contributed by atoms with Crippen LogP contribution in [0, 0.1) is 0 Å². The number of likely N-dealkylation sites (tertiary alicyclic amines) is 1. The van der Waals surface area contributed by atoms with Crippen LogP contribution in [0.3, 0.4) is 0 Å². The van der Waals surface area contributed by atoms with E-state index in [4.69, 9.17) is 0 Å². The van der Waals surface area contributed by atoms with Crippen molar-refractivity contribution in [3.05, 3.63) is 66.6 Å². The van der Waals surface area contributed by atoms with Gasteiger partial charge in [0.1, 0.15) is 5.82 Å². The Bertz CT molecular complexity index is 1240. The molecule has 0 aliphatic carbocycles. The minimum atomic E-state index is 0.0370. The quantitative estimate of drug-likeness (QED) is 0.411. The molecular weight excluding hydrogens is 432 g/mol. The first-order chi connectivity index (χ1) is 16.2. The molecule has 0 bridgehead atoms. The molecule has 4 heterocycles. The fraction of sp³-hybridized carbons (Fsp3) is 0.280. The van der Waals surface area contributed by atoms with Crippen molar-refractivity contribution in [1.82, 2.24) is 25.2 Å². The molecule has 8 heteroatoms. The van der Waals surface area contributed by atoms with Gasteiger partial charge in [0.25, 0.3) is 0 Å². The Balaban J connectivity index is 1.21. The zero-order valence-electron chi connectivity index (χ0n) is 18.3. The number of nitrogens with one attached hydrogen (secondary N) is 2. The first-order valence-electron chi connectivity index (χ1n) is 11.2. The SMILES string of the molecule is O=C(Cc1ccnc(Nc2nc3ccc(-c4ccncc4)cc3s2)c1)NCCN1CCCC1. The number of thiazole rings is 1. The third-order valence-corrected chi connectivity index (χ3v) is 6.71. The van der Waals surface area contributed by atoms with Crippen molar-refractivity contribution in [2.24, 2.45) is 0 Å². The molecule has 7 nitrogen and oxygen atoms in total. The van der Waals surface area contributed by atoms with Gasteiger partial charge in [-0.2, -0.15) is 0 Å². The second-order valence-corrected chi connectivity index (χ2v) is 9.22. The smallest absolute Gasteiger partial charge is 0.224 e. The minimum Gasteiger partial charge on any atom is -0.355 e. The van der Waals surface area contributed by atoms with Crippen molar-refractivity contribution < 1.29 is 4.79 Å². The third-order valence-electron chi connectivity index (χ3n) is 5.78. The molecule has 0 saturated carbocycles. The van der Waals surface area contributed by atoms with Gasteiger partial charge in [-0.25, -0.2) is 9.97 Å².